The molecule has 8 heteroatoms. The van der Waals surface area contributed by atoms with Gasteiger partial charge in [0.15, 0.2) is 0 Å². The van der Waals surface area contributed by atoms with Crippen LogP contribution in [0.2, 0.25) is 0 Å². The monoisotopic (exact) mass is 618 g/mol. The SMILES string of the molecule is CCNc1ccc(C(=O)N2C3CCC2CC(Cc2ccc(NC(=O)Nc4cc(C(C)(C)C)nn4-c4ccc(C)cc4)cc2)C3)cc1. The number of urea groups is 1. The zero-order valence-electron chi connectivity index (χ0n) is 27.6. The van der Waals surface area contributed by atoms with E-state index in [-0.39, 0.29) is 17.4 Å². The van der Waals surface area contributed by atoms with E-state index >= 15 is 0 Å². The molecule has 3 amide bonds. The van der Waals surface area contributed by atoms with Crippen molar-refractivity contribution in [1.82, 2.24) is 14.7 Å². The summed E-state index contributed by atoms with van der Waals surface area (Å²) in [6.07, 6.45) is 5.21. The summed E-state index contributed by atoms with van der Waals surface area (Å²) in [5, 5.41) is 14.1. The van der Waals surface area contributed by atoms with Gasteiger partial charge in [-0.3, -0.25) is 10.1 Å². The fraction of sp³-hybridized carbons (Fsp3) is 0.395. The summed E-state index contributed by atoms with van der Waals surface area (Å²) in [6.45, 7) is 11.3. The van der Waals surface area contributed by atoms with Gasteiger partial charge in [-0.15, -0.1) is 0 Å². The van der Waals surface area contributed by atoms with Gasteiger partial charge < -0.3 is 15.5 Å². The average molecular weight is 619 g/mol. The zero-order valence-corrected chi connectivity index (χ0v) is 27.6. The number of carbonyl (C=O) groups excluding carboxylic acids is 2. The lowest BCUT2D eigenvalue weighted by atomic mass is 9.85. The van der Waals surface area contributed by atoms with Crippen molar-refractivity contribution < 1.29 is 9.59 Å². The molecule has 0 aliphatic carbocycles. The predicted octanol–water partition coefficient (Wildman–Crippen LogP) is 8.18. The molecule has 46 heavy (non-hydrogen) atoms. The van der Waals surface area contributed by atoms with Crippen molar-refractivity contribution in [2.75, 3.05) is 22.5 Å². The van der Waals surface area contributed by atoms with Crippen LogP contribution in [0, 0.1) is 12.8 Å². The van der Waals surface area contributed by atoms with Gasteiger partial charge in [-0.2, -0.15) is 5.10 Å². The van der Waals surface area contributed by atoms with Crippen molar-refractivity contribution in [2.24, 2.45) is 5.92 Å². The second-order valence-corrected chi connectivity index (χ2v) is 13.9. The number of aryl methyl sites for hydroxylation is 1. The maximum Gasteiger partial charge on any atom is 0.324 e. The fourth-order valence-corrected chi connectivity index (χ4v) is 6.93. The van der Waals surface area contributed by atoms with Gasteiger partial charge >= 0.3 is 6.03 Å². The van der Waals surface area contributed by atoms with Crippen LogP contribution in [0.15, 0.2) is 78.9 Å². The lowest BCUT2D eigenvalue weighted by Gasteiger charge is -2.39. The first-order valence-electron chi connectivity index (χ1n) is 16.6. The Labute approximate surface area is 272 Å². The number of fused-ring (bicyclic) bond motifs is 2. The molecule has 0 saturated carbocycles. The minimum absolute atomic E-state index is 0.164. The Kier molecular flexibility index (Phi) is 8.89. The van der Waals surface area contributed by atoms with E-state index in [4.69, 9.17) is 5.10 Å². The third kappa shape index (κ3) is 6.96. The highest BCUT2D eigenvalue weighted by molar-refractivity contribution is 5.99. The van der Waals surface area contributed by atoms with Crippen LogP contribution in [0.5, 0.6) is 0 Å². The Morgan fingerprint density at radius 1 is 0.848 bits per heavy atom. The molecule has 0 radical (unpaired) electrons. The van der Waals surface area contributed by atoms with Crippen molar-refractivity contribution in [2.45, 2.75) is 84.2 Å². The van der Waals surface area contributed by atoms with Crippen LogP contribution >= 0.6 is 0 Å². The fourth-order valence-electron chi connectivity index (χ4n) is 6.93. The molecule has 2 saturated heterocycles. The van der Waals surface area contributed by atoms with Gasteiger partial charge in [0, 0.05) is 47.0 Å². The number of nitrogens with one attached hydrogen (secondary N) is 3. The molecule has 4 aromatic rings. The van der Waals surface area contributed by atoms with Crippen LogP contribution in [0.3, 0.4) is 0 Å². The Hall–Kier alpha value is -4.59. The summed E-state index contributed by atoms with van der Waals surface area (Å²) < 4.78 is 1.79. The van der Waals surface area contributed by atoms with E-state index in [0.29, 0.717) is 23.8 Å². The topological polar surface area (TPSA) is 91.3 Å². The lowest BCUT2D eigenvalue weighted by molar-refractivity contribution is 0.0524. The zero-order chi connectivity index (χ0) is 32.4. The number of amides is 3. The standard InChI is InChI=1S/C38H46N6O2/c1-6-39-29-15-11-28(12-16-29)36(45)43-32-19-20-33(43)23-27(22-32)21-26-9-13-30(14-10-26)40-37(46)41-35-24-34(38(3,4)5)42-44(35)31-17-7-25(2)8-18-31/h7-18,24,27,32-33,39H,6,19-23H2,1-5H3,(H2,40,41,46). The van der Waals surface area contributed by atoms with Crippen LogP contribution in [-0.2, 0) is 11.8 Å². The number of benzene rings is 3. The smallest absolute Gasteiger partial charge is 0.324 e. The Bertz CT molecular complexity index is 1650. The quantitative estimate of drug-likeness (QED) is 0.186. The number of carbonyl (C=O) groups is 2. The van der Waals surface area contributed by atoms with E-state index in [1.807, 2.05) is 73.7 Å². The lowest BCUT2D eigenvalue weighted by Crippen LogP contribution is -2.46. The molecular formula is C38H46N6O2. The third-order valence-corrected chi connectivity index (χ3v) is 9.31. The van der Waals surface area contributed by atoms with Crippen molar-refractivity contribution in [1.29, 1.82) is 0 Å². The first-order valence-corrected chi connectivity index (χ1v) is 16.6. The number of hydrogen-bond donors (Lipinski definition) is 3. The molecule has 2 atom stereocenters. The molecule has 240 valence electrons. The Balaban J connectivity index is 1.05. The number of hydrogen-bond acceptors (Lipinski definition) is 4. The van der Waals surface area contributed by atoms with Crippen LogP contribution < -0.4 is 16.0 Å². The summed E-state index contributed by atoms with van der Waals surface area (Å²) in [7, 11) is 0. The van der Waals surface area contributed by atoms with E-state index in [1.165, 1.54) is 5.56 Å². The number of piperidine rings is 1. The summed E-state index contributed by atoms with van der Waals surface area (Å²) >= 11 is 0. The largest absolute Gasteiger partial charge is 0.385 e. The predicted molar refractivity (Wildman–Crippen MR) is 186 cm³/mol. The van der Waals surface area contributed by atoms with Crippen molar-refractivity contribution in [3.63, 3.8) is 0 Å². The van der Waals surface area contributed by atoms with Crippen LogP contribution in [-0.4, -0.2) is 45.2 Å². The molecule has 6 rings (SSSR count). The van der Waals surface area contributed by atoms with E-state index < -0.39 is 0 Å². The first-order chi connectivity index (χ1) is 22.1. The van der Waals surface area contributed by atoms with Gasteiger partial charge in [0.2, 0.25) is 0 Å². The van der Waals surface area contributed by atoms with Crippen molar-refractivity contribution in [3.8, 4) is 5.69 Å². The molecule has 8 nitrogen and oxygen atoms in total. The summed E-state index contributed by atoms with van der Waals surface area (Å²) in [5.74, 6) is 1.32. The maximum absolute atomic E-state index is 13.4. The van der Waals surface area contributed by atoms with Gasteiger partial charge in [-0.1, -0.05) is 50.6 Å². The molecule has 2 unspecified atom stereocenters. The maximum atomic E-state index is 13.4. The molecule has 3 aromatic carbocycles. The second-order valence-electron chi connectivity index (χ2n) is 13.9. The van der Waals surface area contributed by atoms with Gasteiger partial charge in [0.05, 0.1) is 11.4 Å². The number of nitrogens with zero attached hydrogens (tertiary/aromatic N) is 3. The third-order valence-electron chi connectivity index (χ3n) is 9.31. The van der Waals surface area contributed by atoms with E-state index in [1.54, 1.807) is 4.68 Å². The molecule has 2 bridgehead atoms. The molecule has 3 N–H and O–H groups in total. The molecule has 2 fully saturated rings. The minimum Gasteiger partial charge on any atom is -0.385 e. The molecule has 2 aliphatic heterocycles. The van der Waals surface area contributed by atoms with Gasteiger partial charge in [-0.05, 0) is 106 Å². The molecular weight excluding hydrogens is 572 g/mol. The second kappa shape index (κ2) is 13.0. The van der Waals surface area contributed by atoms with Gasteiger partial charge in [0.1, 0.15) is 5.82 Å². The molecule has 2 aliphatic rings. The van der Waals surface area contributed by atoms with Crippen molar-refractivity contribution in [3.05, 3.63) is 101 Å². The molecule has 0 spiro atoms. The average Bonchev–Trinajstić information content (AvgIpc) is 3.57. The Morgan fingerprint density at radius 3 is 2.09 bits per heavy atom. The summed E-state index contributed by atoms with van der Waals surface area (Å²) in [4.78, 5) is 28.7. The molecule has 3 heterocycles. The molecule has 1 aromatic heterocycles. The van der Waals surface area contributed by atoms with Gasteiger partial charge in [-0.25, -0.2) is 9.48 Å². The normalized spacial score (nSPS) is 19.2. The highest BCUT2D eigenvalue weighted by Gasteiger charge is 2.43. The highest BCUT2D eigenvalue weighted by atomic mass is 16.2. The summed E-state index contributed by atoms with van der Waals surface area (Å²) in [5.41, 5.74) is 6.60. The van der Waals surface area contributed by atoms with Crippen LogP contribution in [0.25, 0.3) is 5.69 Å². The van der Waals surface area contributed by atoms with Crippen LogP contribution in [0.1, 0.15) is 80.6 Å². The van der Waals surface area contributed by atoms with Gasteiger partial charge in [0.25, 0.3) is 5.91 Å². The first kappa shape index (κ1) is 31.4. The van der Waals surface area contributed by atoms with E-state index in [2.05, 4.69) is 60.7 Å². The van der Waals surface area contributed by atoms with Crippen molar-refractivity contribution >= 4 is 29.1 Å². The number of rotatable bonds is 8. The van der Waals surface area contributed by atoms with E-state index in [9.17, 15) is 9.59 Å². The number of aromatic nitrogens is 2. The number of anilines is 3. The Morgan fingerprint density at radius 2 is 1.48 bits per heavy atom. The minimum atomic E-state index is -0.314. The van der Waals surface area contributed by atoms with E-state index in [0.717, 1.165) is 72.5 Å². The summed E-state index contributed by atoms with van der Waals surface area (Å²) in [6, 6.07) is 26.4. The highest BCUT2D eigenvalue weighted by Crippen LogP contribution is 2.41. The van der Waals surface area contributed by atoms with Crippen LogP contribution in [0.4, 0.5) is 22.0 Å².